The predicted molar refractivity (Wildman–Crippen MR) is 62.3 cm³/mol. The molecule has 8 nitrogen and oxygen atoms in total. The first kappa shape index (κ1) is 12.3. The zero-order valence-electron chi connectivity index (χ0n) is 9.93. The van der Waals surface area contributed by atoms with E-state index in [9.17, 15) is 9.59 Å². The highest BCUT2D eigenvalue weighted by molar-refractivity contribution is 6.36. The number of aliphatic imine (C=N–C) groups is 2. The first-order valence-electron chi connectivity index (χ1n) is 5.63. The number of nitrogens with zero attached hydrogens (tertiary/aromatic N) is 2. The van der Waals surface area contributed by atoms with Gasteiger partial charge >= 0.3 is 11.8 Å². The summed E-state index contributed by atoms with van der Waals surface area (Å²) in [6.45, 7) is 3.41. The maximum absolute atomic E-state index is 11.6. The second-order valence-corrected chi connectivity index (χ2v) is 3.74. The monoisotopic (exact) mass is 254 g/mol. The van der Waals surface area contributed by atoms with Crippen LogP contribution in [0.15, 0.2) is 9.98 Å². The van der Waals surface area contributed by atoms with E-state index in [0.29, 0.717) is 26.3 Å². The van der Waals surface area contributed by atoms with Gasteiger partial charge in [-0.25, -0.2) is 9.98 Å². The predicted octanol–water partition coefficient (Wildman–Crippen LogP) is -1.58. The molecule has 18 heavy (non-hydrogen) atoms. The Labute approximate surface area is 103 Å². The van der Waals surface area contributed by atoms with Crippen LogP contribution in [0.3, 0.4) is 0 Å². The van der Waals surface area contributed by atoms with Gasteiger partial charge in [-0.2, -0.15) is 0 Å². The lowest BCUT2D eigenvalue weighted by molar-refractivity contribution is -0.118. The zero-order valence-corrected chi connectivity index (χ0v) is 9.93. The average molecular weight is 254 g/mol. The van der Waals surface area contributed by atoms with Gasteiger partial charge in [-0.05, 0) is 6.92 Å². The van der Waals surface area contributed by atoms with Crippen LogP contribution in [0.25, 0.3) is 0 Å². The van der Waals surface area contributed by atoms with Gasteiger partial charge in [-0.3, -0.25) is 9.59 Å². The van der Waals surface area contributed by atoms with Crippen molar-refractivity contribution < 1.29 is 19.1 Å². The number of hydrogen-bond donors (Lipinski definition) is 2. The lowest BCUT2D eigenvalue weighted by Gasteiger charge is -2.15. The maximum atomic E-state index is 11.6. The van der Waals surface area contributed by atoms with E-state index in [-0.39, 0.29) is 11.8 Å². The van der Waals surface area contributed by atoms with E-state index in [1.807, 2.05) is 0 Å². The molecule has 2 aliphatic rings. The van der Waals surface area contributed by atoms with Gasteiger partial charge in [0.05, 0.1) is 19.3 Å². The minimum atomic E-state index is -0.566. The third-order valence-electron chi connectivity index (χ3n) is 2.25. The number of carbonyl (C=O) groups is 2. The lowest BCUT2D eigenvalue weighted by Crippen LogP contribution is -2.49. The van der Waals surface area contributed by atoms with Crippen molar-refractivity contribution in [1.82, 2.24) is 10.6 Å². The van der Waals surface area contributed by atoms with Crippen LogP contribution in [0.5, 0.6) is 0 Å². The third-order valence-corrected chi connectivity index (χ3v) is 2.25. The van der Waals surface area contributed by atoms with Gasteiger partial charge in [0.15, 0.2) is 0 Å². The number of hydrogen-bond acceptors (Lipinski definition) is 6. The molecule has 2 amide bonds. The Hall–Kier alpha value is -2.12. The average Bonchev–Trinajstić information content (AvgIpc) is 3.02. The molecule has 8 heteroatoms. The van der Waals surface area contributed by atoms with Crippen molar-refractivity contribution in [2.45, 2.75) is 13.1 Å². The van der Waals surface area contributed by atoms with Gasteiger partial charge in [0, 0.05) is 0 Å². The Morgan fingerprint density at radius 1 is 1.06 bits per heavy atom. The molecule has 0 atom stereocenters. The Morgan fingerprint density at radius 2 is 1.50 bits per heavy atom. The fraction of sp³-hybridized carbons (Fsp3) is 0.600. The Morgan fingerprint density at radius 3 is 1.83 bits per heavy atom. The summed E-state index contributed by atoms with van der Waals surface area (Å²) in [5.74, 6) is -0.805. The van der Waals surface area contributed by atoms with E-state index >= 15 is 0 Å². The standard InChI is InChI=1S/C10H14N4O4/c1-6(13-7(15)9-11-2-4-17-9)14-8(16)10-12-3-5-18-10/h6H,2-5H2,1H3,(H,13,15)(H,14,16). The molecule has 0 aliphatic carbocycles. The largest absolute Gasteiger partial charge is 0.472 e. The van der Waals surface area contributed by atoms with Crippen molar-refractivity contribution in [1.29, 1.82) is 0 Å². The molecule has 2 aliphatic heterocycles. The fourth-order valence-electron chi connectivity index (χ4n) is 1.50. The topological polar surface area (TPSA) is 101 Å². The number of ether oxygens (including phenoxy) is 2. The molecule has 0 aromatic heterocycles. The maximum Gasteiger partial charge on any atom is 0.307 e. The molecule has 0 fully saturated rings. The normalized spacial score (nSPS) is 17.7. The highest BCUT2D eigenvalue weighted by atomic mass is 16.5. The van der Waals surface area contributed by atoms with Crippen LogP contribution in [0.4, 0.5) is 0 Å². The fourth-order valence-corrected chi connectivity index (χ4v) is 1.50. The van der Waals surface area contributed by atoms with Crippen molar-refractivity contribution in [2.24, 2.45) is 9.98 Å². The van der Waals surface area contributed by atoms with Crippen LogP contribution in [0.2, 0.25) is 0 Å². The summed E-state index contributed by atoms with van der Waals surface area (Å²) < 4.78 is 9.99. The van der Waals surface area contributed by atoms with Crippen molar-refractivity contribution in [3.05, 3.63) is 0 Å². The van der Waals surface area contributed by atoms with Crippen molar-refractivity contribution in [3.8, 4) is 0 Å². The van der Waals surface area contributed by atoms with Crippen molar-refractivity contribution in [2.75, 3.05) is 26.3 Å². The first-order chi connectivity index (χ1) is 8.66. The van der Waals surface area contributed by atoms with Crippen molar-refractivity contribution in [3.63, 3.8) is 0 Å². The Kier molecular flexibility index (Phi) is 3.75. The molecule has 0 saturated carbocycles. The highest BCUT2D eigenvalue weighted by Gasteiger charge is 2.22. The smallest absolute Gasteiger partial charge is 0.307 e. The van der Waals surface area contributed by atoms with E-state index in [4.69, 9.17) is 9.47 Å². The lowest BCUT2D eigenvalue weighted by atomic mass is 10.4. The minimum absolute atomic E-state index is 0.0468. The van der Waals surface area contributed by atoms with Crippen LogP contribution in [0, 0.1) is 0 Å². The van der Waals surface area contributed by atoms with Gasteiger partial charge in [0.1, 0.15) is 13.2 Å². The molecular weight excluding hydrogens is 240 g/mol. The Bertz CT molecular complexity index is 380. The molecule has 2 N–H and O–H groups in total. The Balaban J connectivity index is 1.79. The van der Waals surface area contributed by atoms with E-state index in [0.717, 1.165) is 0 Å². The summed E-state index contributed by atoms with van der Waals surface area (Å²) in [6, 6.07) is 0. The van der Waals surface area contributed by atoms with Gasteiger partial charge in [-0.1, -0.05) is 0 Å². The van der Waals surface area contributed by atoms with Gasteiger partial charge in [-0.15, -0.1) is 0 Å². The summed E-state index contributed by atoms with van der Waals surface area (Å²) >= 11 is 0. The molecule has 98 valence electrons. The summed E-state index contributed by atoms with van der Waals surface area (Å²) in [5, 5.41) is 5.08. The molecular formula is C10H14N4O4. The molecule has 0 bridgehead atoms. The zero-order chi connectivity index (χ0) is 13.0. The van der Waals surface area contributed by atoms with Crippen molar-refractivity contribution >= 4 is 23.6 Å². The summed E-state index contributed by atoms with van der Waals surface area (Å²) in [4.78, 5) is 30.9. The van der Waals surface area contributed by atoms with E-state index in [2.05, 4.69) is 20.6 Å². The second-order valence-electron chi connectivity index (χ2n) is 3.74. The number of nitrogens with one attached hydrogen (secondary N) is 2. The summed E-state index contributed by atoms with van der Waals surface area (Å²) in [6.07, 6.45) is -0.566. The minimum Gasteiger partial charge on any atom is -0.472 e. The SMILES string of the molecule is CC(NC(=O)C1=NCCO1)NC(=O)C1=NCCO1. The first-order valence-corrected chi connectivity index (χ1v) is 5.63. The number of amides is 2. The van der Waals surface area contributed by atoms with Crippen LogP contribution in [0.1, 0.15) is 6.92 Å². The van der Waals surface area contributed by atoms with E-state index in [1.54, 1.807) is 6.92 Å². The molecule has 0 radical (unpaired) electrons. The molecule has 0 unspecified atom stereocenters. The van der Waals surface area contributed by atoms with Crippen LogP contribution < -0.4 is 10.6 Å². The highest BCUT2D eigenvalue weighted by Crippen LogP contribution is 1.96. The van der Waals surface area contributed by atoms with E-state index < -0.39 is 18.0 Å². The van der Waals surface area contributed by atoms with Gasteiger partial charge < -0.3 is 20.1 Å². The van der Waals surface area contributed by atoms with Gasteiger partial charge in [0.25, 0.3) is 11.8 Å². The molecule has 0 aromatic carbocycles. The molecule has 2 rings (SSSR count). The molecule has 2 heterocycles. The van der Waals surface area contributed by atoms with Crippen LogP contribution in [-0.4, -0.2) is 56.1 Å². The molecule has 0 saturated heterocycles. The third kappa shape index (κ3) is 2.96. The molecule has 0 aromatic rings. The quantitative estimate of drug-likeness (QED) is 0.591. The van der Waals surface area contributed by atoms with Crippen LogP contribution in [-0.2, 0) is 19.1 Å². The summed E-state index contributed by atoms with van der Waals surface area (Å²) in [5.41, 5.74) is 0. The number of rotatable bonds is 4. The van der Waals surface area contributed by atoms with Crippen LogP contribution >= 0.6 is 0 Å². The molecule has 0 spiro atoms. The number of carbonyl (C=O) groups excluding carboxylic acids is 2. The van der Waals surface area contributed by atoms with E-state index in [1.165, 1.54) is 0 Å². The van der Waals surface area contributed by atoms with Gasteiger partial charge in [0.2, 0.25) is 0 Å². The second kappa shape index (κ2) is 5.48. The summed E-state index contributed by atoms with van der Waals surface area (Å²) in [7, 11) is 0.